The lowest BCUT2D eigenvalue weighted by molar-refractivity contribution is -0.151. The molecule has 2 amide bonds. The third-order valence-corrected chi connectivity index (χ3v) is 3.04. The number of halogens is 1. The van der Waals surface area contributed by atoms with Gasteiger partial charge in [-0.1, -0.05) is 27.2 Å². The average molecular weight is 244 g/mol. The standard InChI is InChI=1S/C12H21FN2O2/c1-4-5-9-12(17)15(7-6-13)10(8(2)3)11(16)14-9/h8-10H,4-7H2,1-3H3,(H,14,16). The van der Waals surface area contributed by atoms with Crippen molar-refractivity contribution in [3.63, 3.8) is 0 Å². The molecule has 5 heteroatoms. The number of carbonyl (C=O) groups excluding carboxylic acids is 2. The van der Waals surface area contributed by atoms with E-state index in [0.29, 0.717) is 6.42 Å². The van der Waals surface area contributed by atoms with Crippen LogP contribution in [0.15, 0.2) is 0 Å². The number of carbonyl (C=O) groups is 2. The van der Waals surface area contributed by atoms with Crippen LogP contribution in [0.2, 0.25) is 0 Å². The van der Waals surface area contributed by atoms with Gasteiger partial charge in [-0.05, 0) is 12.3 Å². The summed E-state index contributed by atoms with van der Waals surface area (Å²) in [6, 6.07) is -1.01. The summed E-state index contributed by atoms with van der Waals surface area (Å²) in [6.45, 7) is 5.08. The highest BCUT2D eigenvalue weighted by Crippen LogP contribution is 2.19. The van der Waals surface area contributed by atoms with Gasteiger partial charge >= 0.3 is 0 Å². The smallest absolute Gasteiger partial charge is 0.245 e. The van der Waals surface area contributed by atoms with Gasteiger partial charge in [0.2, 0.25) is 11.8 Å². The lowest BCUT2D eigenvalue weighted by Crippen LogP contribution is -2.65. The van der Waals surface area contributed by atoms with Crippen LogP contribution in [-0.2, 0) is 9.59 Å². The Kier molecular flexibility index (Phi) is 4.90. The molecule has 0 aromatic carbocycles. The van der Waals surface area contributed by atoms with E-state index in [0.717, 1.165) is 6.42 Å². The third kappa shape index (κ3) is 2.96. The molecule has 17 heavy (non-hydrogen) atoms. The molecule has 2 unspecified atom stereocenters. The Morgan fingerprint density at radius 1 is 1.41 bits per heavy atom. The SMILES string of the molecule is CCCC1NC(=O)C(C(C)C)N(CCF)C1=O. The van der Waals surface area contributed by atoms with E-state index in [1.165, 1.54) is 4.90 Å². The molecule has 0 spiro atoms. The van der Waals surface area contributed by atoms with Gasteiger partial charge in [0.25, 0.3) is 0 Å². The maximum Gasteiger partial charge on any atom is 0.245 e. The summed E-state index contributed by atoms with van der Waals surface area (Å²) in [4.78, 5) is 25.4. The zero-order chi connectivity index (χ0) is 13.0. The quantitative estimate of drug-likeness (QED) is 0.787. The van der Waals surface area contributed by atoms with Gasteiger partial charge in [0.1, 0.15) is 18.8 Å². The second-order valence-electron chi connectivity index (χ2n) is 4.76. The minimum atomic E-state index is -0.610. The van der Waals surface area contributed by atoms with Crippen molar-refractivity contribution < 1.29 is 14.0 Å². The van der Waals surface area contributed by atoms with Crippen molar-refractivity contribution >= 4 is 11.8 Å². The minimum absolute atomic E-state index is 0.00641. The Morgan fingerprint density at radius 2 is 2.06 bits per heavy atom. The molecule has 4 nitrogen and oxygen atoms in total. The van der Waals surface area contributed by atoms with Crippen LogP contribution in [0.25, 0.3) is 0 Å². The predicted molar refractivity (Wildman–Crippen MR) is 63.2 cm³/mol. The molecule has 0 radical (unpaired) electrons. The normalized spacial score (nSPS) is 25.4. The van der Waals surface area contributed by atoms with Crippen molar-refractivity contribution in [1.29, 1.82) is 0 Å². The summed E-state index contributed by atoms with van der Waals surface area (Å²) in [5.41, 5.74) is 0. The van der Waals surface area contributed by atoms with Crippen LogP contribution in [-0.4, -0.2) is 42.0 Å². The Bertz CT molecular complexity index is 294. The number of amides is 2. The molecule has 0 bridgehead atoms. The summed E-state index contributed by atoms with van der Waals surface area (Å²) < 4.78 is 12.5. The molecule has 0 aromatic heterocycles. The number of hydrogen-bond donors (Lipinski definition) is 1. The zero-order valence-electron chi connectivity index (χ0n) is 10.7. The van der Waals surface area contributed by atoms with Crippen LogP contribution in [0.5, 0.6) is 0 Å². The van der Waals surface area contributed by atoms with Crippen LogP contribution in [0, 0.1) is 5.92 Å². The van der Waals surface area contributed by atoms with E-state index in [1.54, 1.807) is 0 Å². The first-order valence-electron chi connectivity index (χ1n) is 6.19. The second kappa shape index (κ2) is 5.98. The van der Waals surface area contributed by atoms with E-state index in [-0.39, 0.29) is 24.3 Å². The van der Waals surface area contributed by atoms with Gasteiger partial charge in [0.05, 0.1) is 0 Å². The number of nitrogens with zero attached hydrogens (tertiary/aromatic N) is 1. The molecule has 0 saturated carbocycles. The Hall–Kier alpha value is -1.13. The molecule has 0 aromatic rings. The summed E-state index contributed by atoms with van der Waals surface area (Å²) in [6.07, 6.45) is 1.42. The molecule has 2 atom stereocenters. The van der Waals surface area contributed by atoms with Crippen LogP contribution in [0.3, 0.4) is 0 Å². The maximum absolute atomic E-state index is 12.5. The molecule has 1 heterocycles. The van der Waals surface area contributed by atoms with E-state index in [2.05, 4.69) is 5.32 Å². The molecule has 1 aliphatic rings. The van der Waals surface area contributed by atoms with E-state index in [4.69, 9.17) is 0 Å². The van der Waals surface area contributed by atoms with Crippen molar-refractivity contribution in [3.05, 3.63) is 0 Å². The highest BCUT2D eigenvalue weighted by atomic mass is 19.1. The fourth-order valence-corrected chi connectivity index (χ4v) is 2.28. The number of piperazine rings is 1. The number of alkyl halides is 1. The zero-order valence-corrected chi connectivity index (χ0v) is 10.7. The highest BCUT2D eigenvalue weighted by molar-refractivity contribution is 5.97. The average Bonchev–Trinajstić information content (AvgIpc) is 2.25. The largest absolute Gasteiger partial charge is 0.342 e. The summed E-state index contributed by atoms with van der Waals surface area (Å²) >= 11 is 0. The molecule has 1 N–H and O–H groups in total. The molecule has 1 aliphatic heterocycles. The number of hydrogen-bond acceptors (Lipinski definition) is 2. The summed E-state index contributed by atoms with van der Waals surface area (Å²) in [5.74, 6) is -0.317. The fraction of sp³-hybridized carbons (Fsp3) is 0.833. The van der Waals surface area contributed by atoms with Crippen LogP contribution < -0.4 is 5.32 Å². The van der Waals surface area contributed by atoms with Gasteiger partial charge in [-0.3, -0.25) is 9.59 Å². The van der Waals surface area contributed by atoms with E-state index in [1.807, 2.05) is 20.8 Å². The molecule has 1 fully saturated rings. The lowest BCUT2D eigenvalue weighted by Gasteiger charge is -2.40. The van der Waals surface area contributed by atoms with E-state index >= 15 is 0 Å². The Balaban J connectivity index is 2.88. The van der Waals surface area contributed by atoms with E-state index < -0.39 is 18.8 Å². The number of nitrogens with one attached hydrogen (secondary N) is 1. The maximum atomic E-state index is 12.5. The number of rotatable bonds is 5. The molecular formula is C12H21FN2O2. The van der Waals surface area contributed by atoms with Crippen molar-refractivity contribution in [2.75, 3.05) is 13.2 Å². The van der Waals surface area contributed by atoms with Gasteiger partial charge in [0, 0.05) is 6.54 Å². The van der Waals surface area contributed by atoms with Crippen molar-refractivity contribution in [1.82, 2.24) is 10.2 Å². The predicted octanol–water partition coefficient (Wildman–Crippen LogP) is 1.11. The first-order valence-corrected chi connectivity index (χ1v) is 6.19. The highest BCUT2D eigenvalue weighted by Gasteiger charge is 2.41. The first kappa shape index (κ1) is 13.9. The lowest BCUT2D eigenvalue weighted by atomic mass is 9.96. The molecular weight excluding hydrogens is 223 g/mol. The van der Waals surface area contributed by atoms with Crippen molar-refractivity contribution in [2.24, 2.45) is 5.92 Å². The van der Waals surface area contributed by atoms with Crippen LogP contribution >= 0.6 is 0 Å². The van der Waals surface area contributed by atoms with Crippen LogP contribution in [0.4, 0.5) is 4.39 Å². The van der Waals surface area contributed by atoms with Crippen molar-refractivity contribution in [3.8, 4) is 0 Å². The third-order valence-electron chi connectivity index (χ3n) is 3.04. The molecule has 1 saturated heterocycles. The monoisotopic (exact) mass is 244 g/mol. The van der Waals surface area contributed by atoms with Gasteiger partial charge in [0.15, 0.2) is 0 Å². The molecule has 0 aliphatic carbocycles. The van der Waals surface area contributed by atoms with Gasteiger partial charge in [-0.25, -0.2) is 4.39 Å². The minimum Gasteiger partial charge on any atom is -0.342 e. The summed E-state index contributed by atoms with van der Waals surface area (Å²) in [5, 5.41) is 2.73. The molecule has 98 valence electrons. The fourth-order valence-electron chi connectivity index (χ4n) is 2.28. The topological polar surface area (TPSA) is 49.4 Å². The second-order valence-corrected chi connectivity index (χ2v) is 4.76. The first-order chi connectivity index (χ1) is 8.02. The van der Waals surface area contributed by atoms with Gasteiger partial charge in [-0.15, -0.1) is 0 Å². The summed E-state index contributed by atoms with van der Waals surface area (Å²) in [7, 11) is 0. The van der Waals surface area contributed by atoms with Crippen LogP contribution in [0.1, 0.15) is 33.6 Å². The van der Waals surface area contributed by atoms with Crippen molar-refractivity contribution in [2.45, 2.75) is 45.7 Å². The molecule has 1 rings (SSSR count). The van der Waals surface area contributed by atoms with Gasteiger partial charge in [-0.2, -0.15) is 0 Å². The van der Waals surface area contributed by atoms with Gasteiger partial charge < -0.3 is 10.2 Å². The Labute approximate surface area is 102 Å². The Morgan fingerprint density at radius 3 is 2.53 bits per heavy atom. The van der Waals surface area contributed by atoms with E-state index in [9.17, 15) is 14.0 Å².